The fourth-order valence-electron chi connectivity index (χ4n) is 2.33. The van der Waals surface area contributed by atoms with Crippen molar-refractivity contribution in [2.24, 2.45) is 0 Å². The summed E-state index contributed by atoms with van der Waals surface area (Å²) in [7, 11) is 0. The molecule has 5 nitrogen and oxygen atoms in total. The molecule has 0 fully saturated rings. The first-order valence-electron chi connectivity index (χ1n) is 6.96. The summed E-state index contributed by atoms with van der Waals surface area (Å²) in [4.78, 5) is 0. The molecule has 0 aliphatic carbocycles. The first-order chi connectivity index (χ1) is 9.86. The number of nitrogens with zero attached hydrogens (tertiary/aromatic N) is 2. The zero-order valence-electron chi connectivity index (χ0n) is 11.6. The summed E-state index contributed by atoms with van der Waals surface area (Å²) in [6, 6.07) is 8.12. The molecule has 3 rings (SSSR count). The fourth-order valence-corrected chi connectivity index (χ4v) is 2.33. The molecule has 1 aliphatic rings. The minimum Gasteiger partial charge on any atom is -0.486 e. The average molecular weight is 273 g/mol. The molecule has 0 bridgehead atoms. The maximum absolute atomic E-state index is 5.59. The van der Waals surface area contributed by atoms with Crippen molar-refractivity contribution in [3.05, 3.63) is 41.7 Å². The van der Waals surface area contributed by atoms with Crippen molar-refractivity contribution in [1.82, 2.24) is 15.1 Å². The van der Waals surface area contributed by atoms with Gasteiger partial charge in [0.25, 0.3) is 0 Å². The molecule has 1 aromatic carbocycles. The van der Waals surface area contributed by atoms with Gasteiger partial charge in [0.05, 0.1) is 5.69 Å². The monoisotopic (exact) mass is 273 g/mol. The van der Waals surface area contributed by atoms with Crippen LogP contribution in [0.25, 0.3) is 0 Å². The Hall–Kier alpha value is -2.01. The largest absolute Gasteiger partial charge is 0.486 e. The second-order valence-electron chi connectivity index (χ2n) is 4.72. The van der Waals surface area contributed by atoms with Crippen molar-refractivity contribution < 1.29 is 9.47 Å². The second-order valence-corrected chi connectivity index (χ2v) is 4.72. The van der Waals surface area contributed by atoms with E-state index in [1.165, 1.54) is 11.3 Å². The van der Waals surface area contributed by atoms with Gasteiger partial charge in [0, 0.05) is 25.8 Å². The van der Waals surface area contributed by atoms with Gasteiger partial charge in [0.2, 0.25) is 0 Å². The van der Waals surface area contributed by atoms with Crippen LogP contribution in [0.5, 0.6) is 11.5 Å². The molecule has 0 radical (unpaired) electrons. The van der Waals surface area contributed by atoms with Crippen LogP contribution in [0.3, 0.4) is 0 Å². The molecule has 20 heavy (non-hydrogen) atoms. The van der Waals surface area contributed by atoms with Crippen molar-refractivity contribution in [3.63, 3.8) is 0 Å². The lowest BCUT2D eigenvalue weighted by atomic mass is 10.2. The Kier molecular flexibility index (Phi) is 3.87. The molecule has 0 unspecified atom stereocenters. The van der Waals surface area contributed by atoms with E-state index in [0.29, 0.717) is 13.2 Å². The van der Waals surface area contributed by atoms with Gasteiger partial charge in [-0.15, -0.1) is 0 Å². The third-order valence-electron chi connectivity index (χ3n) is 3.35. The van der Waals surface area contributed by atoms with E-state index in [9.17, 15) is 0 Å². The number of benzene rings is 1. The molecular formula is C15H19N3O2. The van der Waals surface area contributed by atoms with Crippen LogP contribution in [0.1, 0.15) is 18.2 Å². The fraction of sp³-hybridized carbons (Fsp3) is 0.400. The molecule has 0 saturated heterocycles. The molecule has 106 valence electrons. The SMILES string of the molecule is CCn1nccc1CNCc1ccc2c(c1)OCCO2. The standard InChI is InChI=1S/C15H19N3O2/c1-2-18-13(5-6-17-18)11-16-10-12-3-4-14-15(9-12)20-8-7-19-14/h3-6,9,16H,2,7-8,10-11H2,1H3. The van der Waals surface area contributed by atoms with Crippen LogP contribution in [0, 0.1) is 0 Å². The van der Waals surface area contributed by atoms with Crippen molar-refractivity contribution in [2.75, 3.05) is 13.2 Å². The number of nitrogens with one attached hydrogen (secondary N) is 1. The molecule has 0 saturated carbocycles. The first kappa shape index (κ1) is 13.0. The van der Waals surface area contributed by atoms with Crippen LogP contribution < -0.4 is 14.8 Å². The number of fused-ring (bicyclic) bond motifs is 1. The highest BCUT2D eigenvalue weighted by molar-refractivity contribution is 5.43. The van der Waals surface area contributed by atoms with Crippen LogP contribution >= 0.6 is 0 Å². The molecule has 0 spiro atoms. The molecule has 2 aromatic rings. The summed E-state index contributed by atoms with van der Waals surface area (Å²) in [5.41, 5.74) is 2.39. The molecule has 5 heteroatoms. The lowest BCUT2D eigenvalue weighted by Crippen LogP contribution is -2.18. The van der Waals surface area contributed by atoms with Gasteiger partial charge in [-0.25, -0.2) is 0 Å². The third-order valence-corrected chi connectivity index (χ3v) is 3.35. The van der Waals surface area contributed by atoms with Crippen LogP contribution in [-0.4, -0.2) is 23.0 Å². The summed E-state index contributed by atoms with van der Waals surface area (Å²) < 4.78 is 13.1. The van der Waals surface area contributed by atoms with Crippen LogP contribution in [0.4, 0.5) is 0 Å². The molecule has 1 aromatic heterocycles. The topological polar surface area (TPSA) is 48.3 Å². The molecular weight excluding hydrogens is 254 g/mol. The molecule has 0 amide bonds. The number of hydrogen-bond donors (Lipinski definition) is 1. The van der Waals surface area contributed by atoms with Gasteiger partial charge in [-0.05, 0) is 30.7 Å². The van der Waals surface area contributed by atoms with Gasteiger partial charge in [-0.3, -0.25) is 4.68 Å². The minimum absolute atomic E-state index is 0.625. The number of aromatic nitrogens is 2. The van der Waals surface area contributed by atoms with Crippen molar-refractivity contribution in [1.29, 1.82) is 0 Å². The van der Waals surface area contributed by atoms with Gasteiger partial charge in [-0.1, -0.05) is 6.07 Å². The molecule has 1 aliphatic heterocycles. The predicted molar refractivity (Wildman–Crippen MR) is 75.9 cm³/mol. The predicted octanol–water partition coefficient (Wildman–Crippen LogP) is 1.96. The summed E-state index contributed by atoms with van der Waals surface area (Å²) >= 11 is 0. The van der Waals surface area contributed by atoms with Crippen molar-refractivity contribution in [2.45, 2.75) is 26.6 Å². The average Bonchev–Trinajstić information content (AvgIpc) is 2.95. The van der Waals surface area contributed by atoms with E-state index in [2.05, 4.69) is 23.4 Å². The number of aryl methyl sites for hydroxylation is 1. The van der Waals surface area contributed by atoms with Crippen LogP contribution in [-0.2, 0) is 19.6 Å². The maximum atomic E-state index is 5.59. The van der Waals surface area contributed by atoms with E-state index in [4.69, 9.17) is 9.47 Å². The van der Waals surface area contributed by atoms with Gasteiger partial charge in [0.15, 0.2) is 11.5 Å². The summed E-state index contributed by atoms with van der Waals surface area (Å²) in [6.07, 6.45) is 1.84. The van der Waals surface area contributed by atoms with Crippen LogP contribution in [0.15, 0.2) is 30.5 Å². The molecule has 1 N–H and O–H groups in total. The minimum atomic E-state index is 0.625. The zero-order valence-corrected chi connectivity index (χ0v) is 11.6. The Labute approximate surface area is 118 Å². The number of hydrogen-bond acceptors (Lipinski definition) is 4. The van der Waals surface area contributed by atoms with E-state index in [1.54, 1.807) is 0 Å². The Morgan fingerprint density at radius 1 is 1.15 bits per heavy atom. The van der Waals surface area contributed by atoms with E-state index >= 15 is 0 Å². The zero-order chi connectivity index (χ0) is 13.8. The third kappa shape index (κ3) is 2.77. The van der Waals surface area contributed by atoms with Crippen molar-refractivity contribution in [3.8, 4) is 11.5 Å². The Morgan fingerprint density at radius 2 is 2.00 bits per heavy atom. The lowest BCUT2D eigenvalue weighted by Gasteiger charge is -2.19. The number of ether oxygens (including phenoxy) is 2. The Bertz CT molecular complexity index is 580. The number of rotatable bonds is 5. The molecule has 0 atom stereocenters. The highest BCUT2D eigenvalue weighted by Crippen LogP contribution is 2.30. The van der Waals surface area contributed by atoms with Crippen molar-refractivity contribution >= 4 is 0 Å². The van der Waals surface area contributed by atoms with Gasteiger partial charge in [0.1, 0.15) is 13.2 Å². The normalized spacial score (nSPS) is 13.4. The van der Waals surface area contributed by atoms with Crippen LogP contribution in [0.2, 0.25) is 0 Å². The van der Waals surface area contributed by atoms with E-state index in [1.807, 2.05) is 29.1 Å². The summed E-state index contributed by atoms with van der Waals surface area (Å²) in [6.45, 7) is 5.85. The maximum Gasteiger partial charge on any atom is 0.161 e. The Balaban J connectivity index is 1.58. The van der Waals surface area contributed by atoms with Gasteiger partial charge < -0.3 is 14.8 Å². The van der Waals surface area contributed by atoms with Gasteiger partial charge in [-0.2, -0.15) is 5.10 Å². The quantitative estimate of drug-likeness (QED) is 0.904. The highest BCUT2D eigenvalue weighted by Gasteiger charge is 2.11. The second kappa shape index (κ2) is 5.96. The Morgan fingerprint density at radius 3 is 2.85 bits per heavy atom. The smallest absolute Gasteiger partial charge is 0.161 e. The summed E-state index contributed by atoms with van der Waals surface area (Å²) in [5, 5.41) is 7.69. The van der Waals surface area contributed by atoms with E-state index in [-0.39, 0.29) is 0 Å². The summed E-state index contributed by atoms with van der Waals surface area (Å²) in [5.74, 6) is 1.68. The highest BCUT2D eigenvalue weighted by atomic mass is 16.6. The lowest BCUT2D eigenvalue weighted by molar-refractivity contribution is 0.171. The molecule has 2 heterocycles. The first-order valence-corrected chi connectivity index (χ1v) is 6.96. The van der Waals surface area contributed by atoms with E-state index in [0.717, 1.165) is 31.1 Å². The van der Waals surface area contributed by atoms with E-state index < -0.39 is 0 Å². The van der Waals surface area contributed by atoms with Gasteiger partial charge >= 0.3 is 0 Å².